The molecule has 0 saturated carbocycles. The van der Waals surface area contributed by atoms with Crippen LogP contribution in [-0.2, 0) is 0 Å². The quantitative estimate of drug-likeness (QED) is 0.399. The lowest BCUT2D eigenvalue weighted by Gasteiger charge is -2.17. The fourth-order valence-corrected chi connectivity index (χ4v) is 4.22. The standard InChI is InChI=1S/C17H14NS.ClHO4/c1-11-9-12(2)18-15-8-7-13-5-3-4-6-14(13)17(15)19-16(18)10-11;2-1(3,4)5/h3-10H,1-2H3;(H,2,3,4,5)/q+1;/p-1. The Hall–Kier alpha value is -1.80. The van der Waals surface area contributed by atoms with E-state index in [9.17, 15) is 0 Å². The first kappa shape index (κ1) is 17.0. The number of halogens is 1. The molecular weight excluding hydrogens is 350 g/mol. The summed E-state index contributed by atoms with van der Waals surface area (Å²) in [5.74, 6) is 0. The Balaban J connectivity index is 0.000000300. The first-order valence-corrected chi connectivity index (χ1v) is 9.14. The third kappa shape index (κ3) is 3.49. The molecule has 0 bridgehead atoms. The van der Waals surface area contributed by atoms with E-state index in [0.29, 0.717) is 0 Å². The lowest BCUT2D eigenvalue weighted by Crippen LogP contribution is -2.68. The van der Waals surface area contributed by atoms with Crippen molar-refractivity contribution in [3.63, 3.8) is 0 Å². The van der Waals surface area contributed by atoms with Gasteiger partial charge in [0.1, 0.15) is 4.70 Å². The number of thiazole rings is 1. The maximum atomic E-state index is 8.49. The van der Waals surface area contributed by atoms with Gasteiger partial charge in [-0.2, -0.15) is 0 Å². The molecule has 2 aromatic carbocycles. The van der Waals surface area contributed by atoms with E-state index in [0.717, 1.165) is 0 Å². The summed E-state index contributed by atoms with van der Waals surface area (Å²) in [6.07, 6.45) is 0. The normalized spacial score (nSPS) is 11.8. The summed E-state index contributed by atoms with van der Waals surface area (Å²) in [5.41, 5.74) is 3.95. The molecule has 0 aliphatic rings. The van der Waals surface area contributed by atoms with Crippen molar-refractivity contribution >= 4 is 37.2 Å². The highest BCUT2D eigenvalue weighted by Crippen LogP contribution is 2.30. The predicted octanol–water partition coefficient (Wildman–Crippen LogP) is -0.346. The van der Waals surface area contributed by atoms with Crippen molar-refractivity contribution in [2.75, 3.05) is 0 Å². The average Bonchev–Trinajstić information content (AvgIpc) is 2.84. The summed E-state index contributed by atoms with van der Waals surface area (Å²) in [5, 5.41) is 2.67. The number of fused-ring (bicyclic) bond motifs is 5. The highest BCUT2D eigenvalue weighted by Gasteiger charge is 2.18. The number of pyridine rings is 1. The van der Waals surface area contributed by atoms with Crippen molar-refractivity contribution in [3.05, 3.63) is 59.8 Å². The molecule has 0 aliphatic carbocycles. The molecule has 4 aromatic rings. The van der Waals surface area contributed by atoms with E-state index in [-0.39, 0.29) is 0 Å². The van der Waals surface area contributed by atoms with Crippen molar-refractivity contribution in [1.82, 2.24) is 0 Å². The van der Waals surface area contributed by atoms with E-state index in [2.05, 4.69) is 66.8 Å². The highest BCUT2D eigenvalue weighted by atomic mass is 35.7. The number of hydrogen-bond acceptors (Lipinski definition) is 5. The Labute approximate surface area is 144 Å². The number of nitrogens with zero attached hydrogens (tertiary/aromatic N) is 1. The Bertz CT molecular complexity index is 1030. The van der Waals surface area contributed by atoms with Crippen LogP contribution in [0.1, 0.15) is 11.3 Å². The van der Waals surface area contributed by atoms with E-state index in [1.807, 2.05) is 11.3 Å². The van der Waals surface area contributed by atoms with Crippen LogP contribution in [0.5, 0.6) is 0 Å². The van der Waals surface area contributed by atoms with Crippen LogP contribution in [0.25, 0.3) is 25.8 Å². The Morgan fingerprint density at radius 1 is 0.917 bits per heavy atom. The van der Waals surface area contributed by atoms with Gasteiger partial charge < -0.3 is 0 Å². The second-order valence-corrected chi connectivity index (χ2v) is 7.25. The predicted molar refractivity (Wildman–Crippen MR) is 82.0 cm³/mol. The van der Waals surface area contributed by atoms with Gasteiger partial charge in [-0.15, -0.1) is 14.6 Å². The van der Waals surface area contributed by atoms with Gasteiger partial charge >= 0.3 is 0 Å². The van der Waals surface area contributed by atoms with E-state index in [1.54, 1.807) is 0 Å². The van der Waals surface area contributed by atoms with Gasteiger partial charge in [-0.3, -0.25) is 0 Å². The number of rotatable bonds is 0. The Morgan fingerprint density at radius 3 is 2.29 bits per heavy atom. The summed E-state index contributed by atoms with van der Waals surface area (Å²) in [6, 6.07) is 17.6. The monoisotopic (exact) mass is 363 g/mol. The van der Waals surface area contributed by atoms with Crippen LogP contribution >= 0.6 is 11.3 Å². The van der Waals surface area contributed by atoms with Gasteiger partial charge in [0.05, 0.1) is 0 Å². The molecule has 0 aliphatic heterocycles. The summed E-state index contributed by atoms with van der Waals surface area (Å²) >= 11 is 1.88. The number of benzene rings is 2. The Kier molecular flexibility index (Phi) is 4.44. The first-order valence-electron chi connectivity index (χ1n) is 7.09. The van der Waals surface area contributed by atoms with E-state index < -0.39 is 10.2 Å². The highest BCUT2D eigenvalue weighted by molar-refractivity contribution is 7.24. The van der Waals surface area contributed by atoms with Crippen LogP contribution in [0.3, 0.4) is 0 Å². The molecule has 24 heavy (non-hydrogen) atoms. The van der Waals surface area contributed by atoms with Crippen LogP contribution in [0.15, 0.2) is 48.5 Å². The third-order valence-corrected chi connectivity index (χ3v) is 4.81. The van der Waals surface area contributed by atoms with Crippen molar-refractivity contribution in [1.29, 1.82) is 0 Å². The van der Waals surface area contributed by atoms with E-state index in [4.69, 9.17) is 18.6 Å². The minimum Gasteiger partial charge on any atom is -0.222 e. The van der Waals surface area contributed by atoms with E-state index in [1.165, 1.54) is 37.1 Å². The molecule has 0 unspecified atom stereocenters. The SMILES string of the molecule is Cc1cc(C)[n+]2c(c1)sc1c3ccccc3ccc12.[O-][Cl+3]([O-])([O-])[O-]. The molecule has 0 saturated heterocycles. The van der Waals surface area contributed by atoms with Crippen molar-refractivity contribution in [2.24, 2.45) is 0 Å². The van der Waals surface area contributed by atoms with Gasteiger partial charge in [-0.05, 0) is 23.9 Å². The van der Waals surface area contributed by atoms with Crippen LogP contribution in [0.4, 0.5) is 0 Å². The third-order valence-electron chi connectivity index (χ3n) is 3.67. The van der Waals surface area contributed by atoms with Crippen LogP contribution in [0, 0.1) is 24.1 Å². The molecule has 0 spiro atoms. The van der Waals surface area contributed by atoms with Gasteiger partial charge in [-0.1, -0.05) is 35.6 Å². The molecule has 2 heterocycles. The summed E-state index contributed by atoms with van der Waals surface area (Å²) < 4.78 is 37.7. The number of aromatic nitrogens is 1. The smallest absolute Gasteiger partial charge is 0.222 e. The van der Waals surface area contributed by atoms with Gasteiger partial charge in [0, 0.05) is 30.5 Å². The molecule has 7 heteroatoms. The number of hydrogen-bond donors (Lipinski definition) is 0. The fourth-order valence-electron chi connectivity index (χ4n) is 2.87. The summed E-state index contributed by atoms with van der Waals surface area (Å²) in [6.45, 7) is 4.34. The molecule has 0 N–H and O–H groups in total. The van der Waals surface area contributed by atoms with Gasteiger partial charge in [0.2, 0.25) is 5.52 Å². The maximum Gasteiger partial charge on any atom is 0.268 e. The second-order valence-electron chi connectivity index (χ2n) is 5.46. The molecular formula is C17H14ClNO4S. The topological polar surface area (TPSA) is 96.3 Å². The van der Waals surface area contributed by atoms with Crippen LogP contribution in [0.2, 0.25) is 0 Å². The van der Waals surface area contributed by atoms with Gasteiger partial charge in [0.15, 0.2) is 5.69 Å². The zero-order valence-corrected chi connectivity index (χ0v) is 14.6. The molecule has 2 aromatic heterocycles. The second kappa shape index (κ2) is 6.25. The zero-order valence-electron chi connectivity index (χ0n) is 13.0. The van der Waals surface area contributed by atoms with Crippen molar-refractivity contribution < 1.29 is 33.3 Å². The van der Waals surface area contributed by atoms with Crippen molar-refractivity contribution in [3.8, 4) is 0 Å². The average molecular weight is 364 g/mol. The molecule has 0 radical (unpaired) electrons. The van der Waals surface area contributed by atoms with Gasteiger partial charge in [-0.25, -0.2) is 18.6 Å². The molecule has 124 valence electrons. The van der Waals surface area contributed by atoms with E-state index >= 15 is 0 Å². The maximum absolute atomic E-state index is 8.49. The lowest BCUT2D eigenvalue weighted by atomic mass is 10.1. The minimum absolute atomic E-state index is 1.30. The minimum atomic E-state index is -4.94. The molecule has 0 atom stereocenters. The largest absolute Gasteiger partial charge is 0.268 e. The molecule has 0 fully saturated rings. The Morgan fingerprint density at radius 2 is 1.58 bits per heavy atom. The molecule has 4 rings (SSSR count). The lowest BCUT2D eigenvalue weighted by molar-refractivity contribution is -2.00. The molecule has 0 amide bonds. The van der Waals surface area contributed by atoms with Crippen molar-refractivity contribution in [2.45, 2.75) is 13.8 Å². The molecule has 5 nitrogen and oxygen atoms in total. The summed E-state index contributed by atoms with van der Waals surface area (Å²) in [4.78, 5) is 1.32. The number of aryl methyl sites for hydroxylation is 2. The van der Waals surface area contributed by atoms with Crippen LogP contribution in [-0.4, -0.2) is 0 Å². The summed E-state index contributed by atoms with van der Waals surface area (Å²) in [7, 11) is -4.94. The van der Waals surface area contributed by atoms with Gasteiger partial charge in [0.25, 0.3) is 4.83 Å². The fraction of sp³-hybridized carbons (Fsp3) is 0.118. The zero-order chi connectivity index (χ0) is 17.5. The van der Waals surface area contributed by atoms with Crippen LogP contribution < -0.4 is 23.0 Å². The first-order chi connectivity index (χ1) is 11.2.